The molecule has 0 fully saturated rings. The fraction of sp³-hybridized carbons (Fsp3) is 0.538. The number of thioether (sulfide) groups is 1. The molecule has 1 aromatic carbocycles. The van der Waals surface area contributed by atoms with Crippen molar-refractivity contribution in [2.45, 2.75) is 19.0 Å². The van der Waals surface area contributed by atoms with Gasteiger partial charge in [-0.1, -0.05) is 12.1 Å². The molecule has 1 aromatic rings. The monoisotopic (exact) mass is 256 g/mol. The van der Waals surface area contributed by atoms with Crippen LogP contribution >= 0.6 is 11.8 Å². The first-order valence-corrected chi connectivity index (χ1v) is 7.16. The van der Waals surface area contributed by atoms with Crippen molar-refractivity contribution in [1.29, 1.82) is 0 Å². The van der Waals surface area contributed by atoms with Gasteiger partial charge in [-0.3, -0.25) is 4.90 Å². The molecule has 0 saturated heterocycles. The third-order valence-corrected chi connectivity index (χ3v) is 3.40. The first-order valence-electron chi connectivity index (χ1n) is 5.76. The van der Waals surface area contributed by atoms with Gasteiger partial charge in [0.25, 0.3) is 0 Å². The summed E-state index contributed by atoms with van der Waals surface area (Å²) in [6.45, 7) is 2.91. The Kier molecular flexibility index (Phi) is 5.95. The van der Waals surface area contributed by atoms with Gasteiger partial charge < -0.3 is 5.73 Å². The highest BCUT2D eigenvalue weighted by Crippen LogP contribution is 2.23. The topological polar surface area (TPSA) is 29.3 Å². The molecular formula is C13H21FN2S. The van der Waals surface area contributed by atoms with E-state index in [4.69, 9.17) is 5.73 Å². The maximum absolute atomic E-state index is 13.2. The molecule has 17 heavy (non-hydrogen) atoms. The van der Waals surface area contributed by atoms with Gasteiger partial charge in [0, 0.05) is 24.4 Å². The Morgan fingerprint density at radius 2 is 2.18 bits per heavy atom. The minimum atomic E-state index is -0.202. The highest BCUT2D eigenvalue weighted by Gasteiger charge is 2.21. The molecule has 1 rings (SSSR count). The van der Waals surface area contributed by atoms with Crippen molar-refractivity contribution in [2.75, 3.05) is 25.6 Å². The van der Waals surface area contributed by atoms with Crippen molar-refractivity contribution in [2.24, 2.45) is 5.73 Å². The second-order valence-corrected chi connectivity index (χ2v) is 5.32. The number of nitrogens with two attached hydrogens (primary N) is 1. The SMILES string of the molecule is CSCCN(C)C(c1cccc(F)c1)C(C)N. The van der Waals surface area contributed by atoms with Gasteiger partial charge in [0.15, 0.2) is 0 Å². The predicted octanol–water partition coefficient (Wildman–Crippen LogP) is 2.51. The van der Waals surface area contributed by atoms with E-state index in [0.29, 0.717) is 0 Å². The molecule has 0 saturated carbocycles. The molecule has 0 heterocycles. The number of nitrogens with zero attached hydrogens (tertiary/aromatic N) is 1. The van der Waals surface area contributed by atoms with Gasteiger partial charge in [-0.05, 0) is 37.9 Å². The quantitative estimate of drug-likeness (QED) is 0.848. The lowest BCUT2D eigenvalue weighted by molar-refractivity contribution is 0.231. The molecule has 2 N–H and O–H groups in total. The highest BCUT2D eigenvalue weighted by atomic mass is 32.2. The highest BCUT2D eigenvalue weighted by molar-refractivity contribution is 7.98. The van der Waals surface area contributed by atoms with E-state index >= 15 is 0 Å². The van der Waals surface area contributed by atoms with Gasteiger partial charge in [-0.2, -0.15) is 11.8 Å². The van der Waals surface area contributed by atoms with Crippen LogP contribution in [-0.4, -0.2) is 36.5 Å². The van der Waals surface area contributed by atoms with Crippen molar-refractivity contribution in [3.05, 3.63) is 35.6 Å². The molecule has 0 radical (unpaired) electrons. The fourth-order valence-corrected chi connectivity index (χ4v) is 2.49. The van der Waals surface area contributed by atoms with Gasteiger partial charge in [0.1, 0.15) is 5.82 Å². The lowest BCUT2D eigenvalue weighted by atomic mass is 9.99. The normalized spacial score (nSPS) is 14.9. The van der Waals surface area contributed by atoms with Crippen LogP contribution in [-0.2, 0) is 0 Å². The van der Waals surface area contributed by atoms with Crippen LogP contribution < -0.4 is 5.73 Å². The zero-order chi connectivity index (χ0) is 12.8. The van der Waals surface area contributed by atoms with Gasteiger partial charge in [-0.15, -0.1) is 0 Å². The summed E-state index contributed by atoms with van der Waals surface area (Å²) < 4.78 is 13.2. The number of halogens is 1. The van der Waals surface area contributed by atoms with Crippen molar-refractivity contribution < 1.29 is 4.39 Å². The molecule has 0 aliphatic carbocycles. The van der Waals surface area contributed by atoms with E-state index in [-0.39, 0.29) is 17.9 Å². The van der Waals surface area contributed by atoms with Gasteiger partial charge in [-0.25, -0.2) is 4.39 Å². The maximum atomic E-state index is 13.2. The molecule has 2 nitrogen and oxygen atoms in total. The molecule has 4 heteroatoms. The zero-order valence-corrected chi connectivity index (χ0v) is 11.5. The minimum Gasteiger partial charge on any atom is -0.326 e. The summed E-state index contributed by atoms with van der Waals surface area (Å²) in [6, 6.07) is 6.75. The minimum absolute atomic E-state index is 0.0244. The van der Waals surface area contributed by atoms with Crippen LogP contribution in [0.5, 0.6) is 0 Å². The van der Waals surface area contributed by atoms with Gasteiger partial charge >= 0.3 is 0 Å². The molecule has 2 unspecified atom stereocenters. The van der Waals surface area contributed by atoms with E-state index in [1.165, 1.54) is 6.07 Å². The van der Waals surface area contributed by atoms with Crippen LogP contribution in [0.3, 0.4) is 0 Å². The third kappa shape index (κ3) is 4.30. The van der Waals surface area contributed by atoms with Gasteiger partial charge in [0.05, 0.1) is 0 Å². The van der Waals surface area contributed by atoms with Gasteiger partial charge in [0.2, 0.25) is 0 Å². The molecule has 0 aliphatic rings. The summed E-state index contributed by atoms with van der Waals surface area (Å²) in [4.78, 5) is 2.19. The van der Waals surface area contributed by atoms with E-state index < -0.39 is 0 Å². The van der Waals surface area contributed by atoms with Crippen LogP contribution in [0.2, 0.25) is 0 Å². The zero-order valence-electron chi connectivity index (χ0n) is 10.7. The van der Waals surface area contributed by atoms with E-state index in [2.05, 4.69) is 11.2 Å². The Hall–Kier alpha value is -0.580. The molecule has 0 aromatic heterocycles. The molecule has 96 valence electrons. The number of rotatable bonds is 6. The Bertz CT molecular complexity index is 344. The maximum Gasteiger partial charge on any atom is 0.123 e. The lowest BCUT2D eigenvalue weighted by Gasteiger charge is -2.31. The first-order chi connectivity index (χ1) is 8.06. The average molecular weight is 256 g/mol. The number of likely N-dealkylation sites (N-methyl/N-ethyl adjacent to an activating group) is 1. The summed E-state index contributed by atoms with van der Waals surface area (Å²) in [7, 11) is 2.04. The van der Waals surface area contributed by atoms with E-state index in [0.717, 1.165) is 17.9 Å². The van der Waals surface area contributed by atoms with Crippen LogP contribution in [0.1, 0.15) is 18.5 Å². The summed E-state index contributed by atoms with van der Waals surface area (Å²) >= 11 is 1.80. The van der Waals surface area contributed by atoms with Crippen LogP contribution in [0.25, 0.3) is 0 Å². The lowest BCUT2D eigenvalue weighted by Crippen LogP contribution is -2.38. The van der Waals surface area contributed by atoms with Crippen LogP contribution in [0.15, 0.2) is 24.3 Å². The van der Waals surface area contributed by atoms with Crippen molar-refractivity contribution in [3.8, 4) is 0 Å². The number of benzene rings is 1. The Balaban J connectivity index is 2.85. The fourth-order valence-electron chi connectivity index (χ4n) is 2.02. The summed E-state index contributed by atoms with van der Waals surface area (Å²) in [6.07, 6.45) is 2.08. The summed E-state index contributed by atoms with van der Waals surface area (Å²) in [5, 5.41) is 0. The Morgan fingerprint density at radius 1 is 1.47 bits per heavy atom. The second kappa shape index (κ2) is 6.99. The Labute approximate surface area is 107 Å². The Morgan fingerprint density at radius 3 is 2.71 bits per heavy atom. The largest absolute Gasteiger partial charge is 0.326 e. The molecule has 0 aliphatic heterocycles. The van der Waals surface area contributed by atoms with E-state index in [1.807, 2.05) is 20.0 Å². The molecular weight excluding hydrogens is 235 g/mol. The first kappa shape index (κ1) is 14.5. The smallest absolute Gasteiger partial charge is 0.123 e. The van der Waals surface area contributed by atoms with Crippen molar-refractivity contribution >= 4 is 11.8 Å². The van der Waals surface area contributed by atoms with E-state index in [1.54, 1.807) is 23.9 Å². The summed E-state index contributed by atoms with van der Waals surface area (Å²) in [5.74, 6) is 0.848. The van der Waals surface area contributed by atoms with E-state index in [9.17, 15) is 4.39 Å². The molecule has 2 atom stereocenters. The third-order valence-electron chi connectivity index (χ3n) is 2.81. The molecule has 0 bridgehead atoms. The molecule has 0 spiro atoms. The van der Waals surface area contributed by atoms with Crippen molar-refractivity contribution in [3.63, 3.8) is 0 Å². The average Bonchev–Trinajstić information content (AvgIpc) is 2.26. The second-order valence-electron chi connectivity index (χ2n) is 4.33. The number of hydrogen-bond acceptors (Lipinski definition) is 3. The van der Waals surface area contributed by atoms with Crippen LogP contribution in [0.4, 0.5) is 4.39 Å². The summed E-state index contributed by atoms with van der Waals surface area (Å²) in [5.41, 5.74) is 6.97. The standard InChI is InChI=1S/C13H21FN2S/c1-10(15)13(16(2)7-8-17-3)11-5-4-6-12(14)9-11/h4-6,9-10,13H,7-8,15H2,1-3H3. The predicted molar refractivity (Wildman–Crippen MR) is 73.8 cm³/mol. The number of hydrogen-bond donors (Lipinski definition) is 1. The molecule has 0 amide bonds. The van der Waals surface area contributed by atoms with Crippen molar-refractivity contribution in [1.82, 2.24) is 4.90 Å². The van der Waals surface area contributed by atoms with Crippen LogP contribution in [0, 0.1) is 5.82 Å².